The van der Waals surface area contributed by atoms with Crippen molar-refractivity contribution >= 4 is 52.4 Å². The molecule has 0 saturated heterocycles. The second-order valence-electron chi connectivity index (χ2n) is 10.2. The summed E-state index contributed by atoms with van der Waals surface area (Å²) >= 11 is 11.6. The highest BCUT2D eigenvalue weighted by atomic mass is 35.5. The highest BCUT2D eigenvalue weighted by molar-refractivity contribution is 6.32. The lowest BCUT2D eigenvalue weighted by Gasteiger charge is -2.31. The molecule has 0 heterocycles. The third-order valence-corrected chi connectivity index (χ3v) is 7.20. The fourth-order valence-corrected chi connectivity index (χ4v) is 4.86. The topological polar surface area (TPSA) is 135 Å². The Hall–Kier alpha value is -4.40. The summed E-state index contributed by atoms with van der Waals surface area (Å²) < 4.78 is 58.0. The second-order valence-corrected chi connectivity index (χ2v) is 10.9. The van der Waals surface area contributed by atoms with Crippen molar-refractivity contribution in [1.82, 2.24) is 0 Å². The van der Waals surface area contributed by atoms with Gasteiger partial charge < -0.3 is 23.8 Å². The molecule has 1 amide bonds. The van der Waals surface area contributed by atoms with Gasteiger partial charge in [-0.3, -0.25) is 14.9 Å². The van der Waals surface area contributed by atoms with Gasteiger partial charge in [-0.2, -0.15) is 13.2 Å². The number of nitrogens with zero attached hydrogens (tertiary/aromatic N) is 2. The molecule has 11 nitrogen and oxygen atoms in total. The van der Waals surface area contributed by atoms with E-state index in [-0.39, 0.29) is 41.0 Å². The fraction of sp³-hybridized carbons (Fsp3) is 0.364. The van der Waals surface area contributed by atoms with E-state index in [9.17, 15) is 37.7 Å². The molecule has 0 aromatic heterocycles. The zero-order chi connectivity index (χ0) is 36.9. The van der Waals surface area contributed by atoms with E-state index in [2.05, 4.69) is 17.7 Å². The number of aryl methyl sites for hydroxylation is 2. The number of nitro groups is 1. The van der Waals surface area contributed by atoms with Gasteiger partial charge >= 0.3 is 18.1 Å². The number of carbonyl (C=O) groups excluding carboxylic acids is 3. The lowest BCUT2D eigenvalue weighted by Crippen LogP contribution is -2.43. The predicted octanol–water partition coefficient (Wildman–Crippen LogP) is 7.94. The van der Waals surface area contributed by atoms with Crippen molar-refractivity contribution in [3.63, 3.8) is 0 Å². The van der Waals surface area contributed by atoms with Crippen LogP contribution in [0.15, 0.2) is 54.6 Å². The van der Waals surface area contributed by atoms with Crippen molar-refractivity contribution in [3.05, 3.63) is 92.0 Å². The normalized spacial score (nSPS) is 11.5. The van der Waals surface area contributed by atoms with Crippen LogP contribution in [0.4, 0.5) is 24.5 Å². The Morgan fingerprint density at radius 2 is 1.73 bits per heavy atom. The Bertz CT molecular complexity index is 1640. The van der Waals surface area contributed by atoms with Gasteiger partial charge in [0.15, 0.2) is 6.61 Å². The first kappa shape index (κ1) is 40.8. The van der Waals surface area contributed by atoms with Crippen molar-refractivity contribution in [2.45, 2.75) is 46.3 Å². The van der Waals surface area contributed by atoms with Crippen LogP contribution in [0.3, 0.4) is 0 Å². The predicted molar refractivity (Wildman–Crippen MR) is 177 cm³/mol. The molecular weight excluding hydrogens is 696 g/mol. The van der Waals surface area contributed by atoms with E-state index >= 15 is 0 Å². The number of para-hydroxylation sites is 1. The first-order valence-corrected chi connectivity index (χ1v) is 15.6. The molecule has 0 fully saturated rings. The molecule has 1 atom stereocenters. The van der Waals surface area contributed by atoms with E-state index < -0.39 is 46.5 Å². The number of amides is 1. The largest absolute Gasteiger partial charge is 0.463 e. The molecule has 266 valence electrons. The summed E-state index contributed by atoms with van der Waals surface area (Å²) in [6, 6.07) is 11.4. The summed E-state index contributed by atoms with van der Waals surface area (Å²) in [6.07, 6.45) is -3.73. The van der Waals surface area contributed by atoms with Gasteiger partial charge in [-0.05, 0) is 62.6 Å². The SMILES string of the molecule is CCOC(=O)COC(=O)c1cc(Oc2ccc(C(F)(F)F)cc2Cl)ccc1[N+](=O)[O-].CCc1cccc(C)c1N(C(=O)CCl)C(C)COC. The van der Waals surface area contributed by atoms with E-state index in [0.717, 1.165) is 53.6 Å². The summed E-state index contributed by atoms with van der Waals surface area (Å²) in [5, 5.41) is 10.8. The molecule has 16 heteroatoms. The Morgan fingerprint density at radius 3 is 2.29 bits per heavy atom. The van der Waals surface area contributed by atoms with Crippen LogP contribution in [0.25, 0.3) is 0 Å². The average Bonchev–Trinajstić information content (AvgIpc) is 3.05. The number of hydrogen-bond donors (Lipinski definition) is 0. The number of nitro benzene ring substituents is 1. The first-order chi connectivity index (χ1) is 23.1. The van der Waals surface area contributed by atoms with E-state index in [1.807, 2.05) is 26.0 Å². The third kappa shape index (κ3) is 11.6. The Morgan fingerprint density at radius 1 is 1.04 bits per heavy atom. The highest BCUT2D eigenvalue weighted by Crippen LogP contribution is 2.37. The maximum Gasteiger partial charge on any atom is 0.416 e. The van der Waals surface area contributed by atoms with Crippen molar-refractivity contribution < 1.29 is 51.4 Å². The number of rotatable bonds is 13. The molecule has 49 heavy (non-hydrogen) atoms. The van der Waals surface area contributed by atoms with Crippen LogP contribution in [-0.4, -0.2) is 61.6 Å². The number of benzene rings is 3. The molecule has 0 aliphatic carbocycles. The lowest BCUT2D eigenvalue weighted by molar-refractivity contribution is -0.385. The highest BCUT2D eigenvalue weighted by Gasteiger charge is 2.31. The Kier molecular flexibility index (Phi) is 15.8. The summed E-state index contributed by atoms with van der Waals surface area (Å²) in [5.74, 6) is -2.47. The zero-order valence-electron chi connectivity index (χ0n) is 27.3. The minimum atomic E-state index is -4.61. The molecule has 3 aromatic carbocycles. The van der Waals surface area contributed by atoms with Gasteiger partial charge in [-0.1, -0.05) is 36.7 Å². The number of hydrogen-bond acceptors (Lipinski definition) is 9. The third-order valence-electron chi connectivity index (χ3n) is 6.67. The van der Waals surface area contributed by atoms with Gasteiger partial charge in [0.1, 0.15) is 22.9 Å². The van der Waals surface area contributed by atoms with Gasteiger partial charge in [-0.15, -0.1) is 11.6 Å². The molecule has 0 saturated carbocycles. The molecule has 0 aliphatic rings. The van der Waals surface area contributed by atoms with E-state index in [0.29, 0.717) is 12.7 Å². The van der Waals surface area contributed by atoms with Crippen molar-refractivity contribution in [2.75, 3.05) is 37.7 Å². The van der Waals surface area contributed by atoms with E-state index in [1.165, 1.54) is 6.92 Å². The smallest absolute Gasteiger partial charge is 0.416 e. The van der Waals surface area contributed by atoms with Crippen LogP contribution in [0.2, 0.25) is 5.02 Å². The van der Waals surface area contributed by atoms with Crippen LogP contribution in [0, 0.1) is 17.0 Å². The van der Waals surface area contributed by atoms with E-state index in [1.54, 1.807) is 12.0 Å². The minimum Gasteiger partial charge on any atom is -0.463 e. The van der Waals surface area contributed by atoms with Crippen LogP contribution < -0.4 is 9.64 Å². The van der Waals surface area contributed by atoms with Crippen LogP contribution in [0.1, 0.15) is 47.8 Å². The molecule has 1 unspecified atom stereocenters. The summed E-state index contributed by atoms with van der Waals surface area (Å²) in [6.45, 7) is 7.39. The molecule has 0 N–H and O–H groups in total. The summed E-state index contributed by atoms with van der Waals surface area (Å²) in [7, 11) is 1.64. The first-order valence-electron chi connectivity index (χ1n) is 14.7. The van der Waals surface area contributed by atoms with Crippen molar-refractivity contribution in [2.24, 2.45) is 0 Å². The minimum absolute atomic E-state index is 0.0223. The van der Waals surface area contributed by atoms with E-state index in [4.69, 9.17) is 37.4 Å². The molecule has 0 spiro atoms. The van der Waals surface area contributed by atoms with Gasteiger partial charge in [0.2, 0.25) is 5.91 Å². The van der Waals surface area contributed by atoms with Crippen LogP contribution in [0.5, 0.6) is 11.5 Å². The monoisotopic (exact) mass is 730 g/mol. The molecule has 0 bridgehead atoms. The molecule has 3 rings (SSSR count). The Balaban J connectivity index is 0.000000377. The number of ether oxygens (including phenoxy) is 4. The Labute approximate surface area is 290 Å². The van der Waals surface area contributed by atoms with Gasteiger partial charge in [0.25, 0.3) is 5.69 Å². The van der Waals surface area contributed by atoms with Gasteiger partial charge in [0, 0.05) is 19.2 Å². The molecular formula is C33H35Cl2F3N2O9. The maximum atomic E-state index is 12.7. The number of esters is 2. The quantitative estimate of drug-likeness (QED) is 0.0743. The molecule has 0 aliphatic heterocycles. The molecule has 3 aromatic rings. The van der Waals surface area contributed by atoms with Crippen molar-refractivity contribution in [3.8, 4) is 11.5 Å². The molecule has 0 radical (unpaired) electrons. The zero-order valence-corrected chi connectivity index (χ0v) is 28.8. The second kappa shape index (κ2) is 19.0. The van der Waals surface area contributed by atoms with Crippen molar-refractivity contribution in [1.29, 1.82) is 0 Å². The average molecular weight is 732 g/mol. The summed E-state index contributed by atoms with van der Waals surface area (Å²) in [4.78, 5) is 47.7. The lowest BCUT2D eigenvalue weighted by atomic mass is 10.0. The number of methoxy groups -OCH3 is 1. The standard InChI is InChI=1S/C18H13ClF3NO7.C15H22ClNO2/c1-2-28-16(24)9-29-17(25)12-8-11(4-5-14(12)23(26)27)30-15-6-3-10(7-13(15)19)18(20,21)22;1-5-13-8-6-7-11(2)15(13)17(14(18)9-16)12(3)10-19-4/h3-8H,2,9H2,1H3;6-8,12H,5,9-10H2,1-4H3. The van der Waals surface area contributed by atoms with Crippen LogP contribution >= 0.6 is 23.2 Å². The van der Waals surface area contributed by atoms with Gasteiger partial charge in [0.05, 0.1) is 40.5 Å². The maximum absolute atomic E-state index is 12.7. The van der Waals surface area contributed by atoms with Gasteiger partial charge in [-0.25, -0.2) is 9.59 Å². The number of halogens is 5. The number of anilines is 1. The number of carbonyl (C=O) groups is 3. The number of alkyl halides is 4. The summed E-state index contributed by atoms with van der Waals surface area (Å²) in [5.41, 5.74) is 1.05. The fourth-order valence-electron chi connectivity index (χ4n) is 4.51. The van der Waals surface area contributed by atoms with Crippen LogP contribution in [-0.2, 0) is 36.4 Å².